The normalized spacial score (nSPS) is 18.5. The highest BCUT2D eigenvalue weighted by molar-refractivity contribution is 5.71. The summed E-state index contributed by atoms with van der Waals surface area (Å²) in [5.41, 5.74) is 6.46. The minimum atomic E-state index is -0.839. The molecule has 160 valence electrons. The van der Waals surface area contributed by atoms with Gasteiger partial charge >= 0.3 is 6.09 Å². The van der Waals surface area contributed by atoms with Crippen molar-refractivity contribution in [1.29, 1.82) is 0 Å². The number of aromatic nitrogens is 2. The Morgan fingerprint density at radius 3 is 2.70 bits per heavy atom. The van der Waals surface area contributed by atoms with Crippen LogP contribution in [-0.2, 0) is 22.6 Å². The molecule has 1 saturated heterocycles. The molecule has 1 amide bonds. The van der Waals surface area contributed by atoms with Crippen molar-refractivity contribution in [3.8, 4) is 11.4 Å². The number of hydrogen-bond acceptors (Lipinski definition) is 7. The summed E-state index contributed by atoms with van der Waals surface area (Å²) in [5, 5.41) is 0. The molecule has 1 fully saturated rings. The van der Waals surface area contributed by atoms with Crippen LogP contribution in [-0.4, -0.2) is 53.4 Å². The van der Waals surface area contributed by atoms with Crippen LogP contribution >= 0.6 is 0 Å². The van der Waals surface area contributed by atoms with Gasteiger partial charge in [0, 0.05) is 17.8 Å². The third-order valence-corrected chi connectivity index (χ3v) is 5.21. The molecule has 2 aromatic rings. The fourth-order valence-corrected chi connectivity index (χ4v) is 3.78. The van der Waals surface area contributed by atoms with Gasteiger partial charge in [0.25, 0.3) is 0 Å². The molecule has 4 rings (SSSR count). The van der Waals surface area contributed by atoms with Gasteiger partial charge in [-0.1, -0.05) is 0 Å². The molecular formula is C20H23F2N5O3. The lowest BCUT2D eigenvalue weighted by molar-refractivity contribution is 0.0980. The standard InChI is InChI=1S/C20H23F2N5O3/c1-3-30-20(28)26-8-13-16(9-26)24-18(17-14(21)6-12(23)7-15(17)22)25-19(13)27-4-5-29-10-11(27)2/h6-7,11H,3-5,8-10,23H2,1-2H3/t11-/m0/s1. The zero-order valence-corrected chi connectivity index (χ0v) is 16.8. The van der Waals surface area contributed by atoms with Crippen LogP contribution in [0.5, 0.6) is 0 Å². The Bertz CT molecular complexity index is 964. The number of nitrogens with zero attached hydrogens (tertiary/aromatic N) is 4. The first-order chi connectivity index (χ1) is 14.4. The lowest BCUT2D eigenvalue weighted by Gasteiger charge is -2.35. The smallest absolute Gasteiger partial charge is 0.410 e. The van der Waals surface area contributed by atoms with E-state index in [1.54, 1.807) is 6.92 Å². The van der Waals surface area contributed by atoms with Gasteiger partial charge in [-0.05, 0) is 26.0 Å². The van der Waals surface area contributed by atoms with E-state index in [2.05, 4.69) is 9.97 Å². The van der Waals surface area contributed by atoms with E-state index in [1.807, 2.05) is 11.8 Å². The van der Waals surface area contributed by atoms with Gasteiger partial charge < -0.3 is 20.1 Å². The van der Waals surface area contributed by atoms with Crippen molar-refractivity contribution >= 4 is 17.6 Å². The fraction of sp³-hybridized carbons (Fsp3) is 0.450. The van der Waals surface area contributed by atoms with E-state index in [9.17, 15) is 13.6 Å². The Morgan fingerprint density at radius 1 is 1.30 bits per heavy atom. The second-order valence-corrected chi connectivity index (χ2v) is 7.33. The number of nitrogen functional groups attached to an aromatic ring is 1. The van der Waals surface area contributed by atoms with Crippen molar-refractivity contribution in [2.24, 2.45) is 0 Å². The summed E-state index contributed by atoms with van der Waals surface area (Å²) in [7, 11) is 0. The van der Waals surface area contributed by atoms with Crippen LogP contribution in [0.4, 0.5) is 25.1 Å². The zero-order valence-electron chi connectivity index (χ0n) is 16.8. The first-order valence-electron chi connectivity index (χ1n) is 9.79. The number of carbonyl (C=O) groups is 1. The zero-order chi connectivity index (χ0) is 21.4. The fourth-order valence-electron chi connectivity index (χ4n) is 3.78. The molecular weight excluding hydrogens is 396 g/mol. The molecule has 2 N–H and O–H groups in total. The number of amides is 1. The van der Waals surface area contributed by atoms with Crippen molar-refractivity contribution in [2.45, 2.75) is 33.0 Å². The molecule has 10 heteroatoms. The number of hydrogen-bond donors (Lipinski definition) is 1. The van der Waals surface area contributed by atoms with Crippen LogP contribution in [0.2, 0.25) is 0 Å². The van der Waals surface area contributed by atoms with Gasteiger partial charge in [0.1, 0.15) is 17.5 Å². The molecule has 1 aromatic heterocycles. The van der Waals surface area contributed by atoms with E-state index in [0.717, 1.165) is 17.7 Å². The van der Waals surface area contributed by atoms with Crippen molar-refractivity contribution in [1.82, 2.24) is 14.9 Å². The Kier molecular flexibility index (Phi) is 5.42. The third kappa shape index (κ3) is 3.62. The topological polar surface area (TPSA) is 93.8 Å². The molecule has 0 saturated carbocycles. The summed E-state index contributed by atoms with van der Waals surface area (Å²) >= 11 is 0. The molecule has 8 nitrogen and oxygen atoms in total. The average molecular weight is 419 g/mol. The van der Waals surface area contributed by atoms with Gasteiger partial charge in [-0.15, -0.1) is 0 Å². The minimum Gasteiger partial charge on any atom is -0.450 e. The Hall–Kier alpha value is -3.01. The van der Waals surface area contributed by atoms with Gasteiger partial charge in [0.15, 0.2) is 5.82 Å². The van der Waals surface area contributed by atoms with Crippen molar-refractivity contribution in [3.63, 3.8) is 0 Å². The number of halogens is 2. The summed E-state index contributed by atoms with van der Waals surface area (Å²) in [6.45, 7) is 5.97. The molecule has 3 heterocycles. The maximum absolute atomic E-state index is 14.6. The molecule has 1 atom stereocenters. The number of nitrogens with two attached hydrogens (primary N) is 1. The van der Waals surface area contributed by atoms with Gasteiger partial charge in [-0.3, -0.25) is 4.90 Å². The molecule has 2 aliphatic heterocycles. The first-order valence-corrected chi connectivity index (χ1v) is 9.79. The number of rotatable bonds is 3. The van der Waals surface area contributed by atoms with Crippen LogP contribution < -0.4 is 10.6 Å². The maximum atomic E-state index is 14.6. The third-order valence-electron chi connectivity index (χ3n) is 5.21. The average Bonchev–Trinajstić information content (AvgIpc) is 3.12. The highest BCUT2D eigenvalue weighted by Crippen LogP contribution is 2.35. The summed E-state index contributed by atoms with van der Waals surface area (Å²) in [4.78, 5) is 24.7. The molecule has 2 aliphatic rings. The van der Waals surface area contributed by atoms with Crippen molar-refractivity contribution in [3.05, 3.63) is 35.0 Å². The quantitative estimate of drug-likeness (QED) is 0.765. The minimum absolute atomic E-state index is 0.00311. The van der Waals surface area contributed by atoms with E-state index in [0.29, 0.717) is 31.3 Å². The largest absolute Gasteiger partial charge is 0.450 e. The molecule has 0 bridgehead atoms. The van der Waals surface area contributed by atoms with Gasteiger partial charge in [0.2, 0.25) is 0 Å². The molecule has 0 spiro atoms. The molecule has 0 radical (unpaired) electrons. The summed E-state index contributed by atoms with van der Waals surface area (Å²) in [6, 6.07) is 2.08. The monoisotopic (exact) mass is 419 g/mol. The maximum Gasteiger partial charge on any atom is 0.410 e. The summed E-state index contributed by atoms with van der Waals surface area (Å²) < 4.78 is 39.8. The van der Waals surface area contributed by atoms with E-state index in [-0.39, 0.29) is 42.8 Å². The lowest BCUT2D eigenvalue weighted by Crippen LogP contribution is -2.44. The van der Waals surface area contributed by atoms with Crippen LogP contribution in [0.3, 0.4) is 0 Å². The van der Waals surface area contributed by atoms with Gasteiger partial charge in [-0.2, -0.15) is 0 Å². The molecule has 1 aromatic carbocycles. The predicted molar refractivity (Wildman–Crippen MR) is 106 cm³/mol. The molecule has 0 unspecified atom stereocenters. The van der Waals surface area contributed by atoms with Crippen molar-refractivity contribution < 1.29 is 23.0 Å². The second-order valence-electron chi connectivity index (χ2n) is 7.33. The SMILES string of the molecule is CCOC(=O)N1Cc2nc(-c3c(F)cc(N)cc3F)nc(N3CCOC[C@@H]3C)c2C1. The van der Waals surface area contributed by atoms with Crippen LogP contribution in [0, 0.1) is 11.6 Å². The van der Waals surface area contributed by atoms with Crippen LogP contribution in [0.25, 0.3) is 11.4 Å². The number of benzene rings is 1. The highest BCUT2D eigenvalue weighted by Gasteiger charge is 2.34. The van der Waals surface area contributed by atoms with E-state index in [4.69, 9.17) is 15.2 Å². The van der Waals surface area contributed by atoms with Crippen molar-refractivity contribution in [2.75, 3.05) is 37.0 Å². The summed E-state index contributed by atoms with van der Waals surface area (Å²) in [6.07, 6.45) is -0.470. The predicted octanol–water partition coefficient (Wildman–Crippen LogP) is 2.70. The van der Waals surface area contributed by atoms with E-state index >= 15 is 0 Å². The Balaban J connectivity index is 1.83. The van der Waals surface area contributed by atoms with Gasteiger partial charge in [-0.25, -0.2) is 23.5 Å². The number of fused-ring (bicyclic) bond motifs is 1. The number of carbonyl (C=O) groups excluding carboxylic acids is 1. The highest BCUT2D eigenvalue weighted by atomic mass is 19.1. The summed E-state index contributed by atoms with van der Waals surface area (Å²) in [5.74, 6) is -1.21. The van der Waals surface area contributed by atoms with Crippen LogP contribution in [0.1, 0.15) is 25.1 Å². The van der Waals surface area contributed by atoms with Gasteiger partial charge in [0.05, 0.1) is 50.2 Å². The van der Waals surface area contributed by atoms with E-state index in [1.165, 1.54) is 4.90 Å². The van der Waals surface area contributed by atoms with Crippen LogP contribution in [0.15, 0.2) is 12.1 Å². The second kappa shape index (κ2) is 8.02. The lowest BCUT2D eigenvalue weighted by atomic mass is 10.1. The number of ether oxygens (including phenoxy) is 2. The Morgan fingerprint density at radius 2 is 2.03 bits per heavy atom. The van der Waals surface area contributed by atoms with E-state index < -0.39 is 17.7 Å². The molecule has 0 aliphatic carbocycles. The number of anilines is 2. The number of morpholine rings is 1. The Labute approximate surface area is 172 Å². The molecule has 30 heavy (non-hydrogen) atoms. The first kappa shape index (κ1) is 20.3.